The first-order chi connectivity index (χ1) is 27.5. The highest BCUT2D eigenvalue weighted by atomic mass is 19.1. The van der Waals surface area contributed by atoms with Crippen LogP contribution in [0.2, 0.25) is 0 Å². The minimum Gasteiger partial charge on any atom is -0.497 e. The number of imidazole rings is 1. The number of ether oxygens (including phenoxy) is 3. The number of methoxy groups -OCH3 is 1. The zero-order valence-corrected chi connectivity index (χ0v) is 33.6. The molecule has 1 aromatic heterocycles. The molecule has 0 spiro atoms. The van der Waals surface area contributed by atoms with Crippen LogP contribution in [-0.4, -0.2) is 88.0 Å². The summed E-state index contributed by atoms with van der Waals surface area (Å²) in [6, 6.07) is 19.7. The van der Waals surface area contributed by atoms with E-state index in [9.17, 15) is 28.4 Å². The molecule has 3 aromatic carbocycles. The first-order valence-corrected chi connectivity index (χ1v) is 19.0. The zero-order valence-electron chi connectivity index (χ0n) is 33.6. The van der Waals surface area contributed by atoms with Gasteiger partial charge in [0, 0.05) is 30.8 Å². The number of alkyl carbamates (subject to hydrolysis) is 1. The van der Waals surface area contributed by atoms with Crippen molar-refractivity contribution in [2.75, 3.05) is 32.1 Å². The molecule has 1 saturated heterocycles. The number of amides is 4. The number of aromatic nitrogens is 2. The largest absolute Gasteiger partial charge is 0.497 e. The molecule has 0 aliphatic carbocycles. The number of piperidine rings is 1. The van der Waals surface area contributed by atoms with Gasteiger partial charge in [-0.15, -0.1) is 0 Å². The molecular weight excluding hydrogens is 748 g/mol. The normalized spacial score (nSPS) is 14.5. The summed E-state index contributed by atoms with van der Waals surface area (Å²) in [6.07, 6.45) is 3.02. The second kappa shape index (κ2) is 18.9. The van der Waals surface area contributed by atoms with Crippen LogP contribution in [0, 0.1) is 11.7 Å². The standard InChI is InChI=1S/C43H51FN6O8/c1-42(2,3)58-41(55)48-43(4,5)40(54)46-34(26-57-25-28-10-8-7-9-11-28)38(52)47-35-24-50(27-45-35)36(29-14-18-33(56-6)19-15-29)39(53)49-22-20-31(21-23-49)37(51)30-12-16-32(44)17-13-30/h7-19,24,27,31,34,36H,20-23,25-26H2,1-6H3,(H,46,54)(H,47,52)(H,48,55)/t34-,36?/m1/s1. The lowest BCUT2D eigenvalue weighted by atomic mass is 9.88. The van der Waals surface area contributed by atoms with Crippen LogP contribution in [0.1, 0.15) is 75.0 Å². The van der Waals surface area contributed by atoms with Crippen molar-refractivity contribution in [1.82, 2.24) is 25.1 Å². The topological polar surface area (TPSA) is 170 Å². The number of likely N-dealkylation sites (tertiary alicyclic amines) is 1. The van der Waals surface area contributed by atoms with Gasteiger partial charge in [-0.2, -0.15) is 0 Å². The molecule has 4 amide bonds. The van der Waals surface area contributed by atoms with Crippen LogP contribution in [0.3, 0.4) is 0 Å². The highest BCUT2D eigenvalue weighted by Crippen LogP contribution is 2.29. The van der Waals surface area contributed by atoms with Gasteiger partial charge < -0.3 is 39.6 Å². The second-order valence-electron chi connectivity index (χ2n) is 15.6. The fraction of sp³-hybridized carbons (Fsp3) is 0.395. The Morgan fingerprint density at radius 1 is 0.897 bits per heavy atom. The van der Waals surface area contributed by atoms with Crippen molar-refractivity contribution in [3.05, 3.63) is 114 Å². The lowest BCUT2D eigenvalue weighted by Gasteiger charge is -2.34. The van der Waals surface area contributed by atoms with Crippen molar-refractivity contribution in [3.63, 3.8) is 0 Å². The van der Waals surface area contributed by atoms with Gasteiger partial charge in [-0.25, -0.2) is 14.2 Å². The Labute approximate surface area is 337 Å². The van der Waals surface area contributed by atoms with E-state index in [1.165, 1.54) is 50.6 Å². The third kappa shape index (κ3) is 11.7. The van der Waals surface area contributed by atoms with Gasteiger partial charge in [-0.1, -0.05) is 42.5 Å². The van der Waals surface area contributed by atoms with E-state index in [0.717, 1.165) is 5.56 Å². The molecule has 15 heteroatoms. The molecule has 5 rings (SSSR count). The number of nitrogens with zero attached hydrogens (tertiary/aromatic N) is 3. The molecule has 14 nitrogen and oxygen atoms in total. The summed E-state index contributed by atoms with van der Waals surface area (Å²) in [4.78, 5) is 73.4. The molecule has 308 valence electrons. The van der Waals surface area contributed by atoms with Crippen molar-refractivity contribution in [2.24, 2.45) is 5.92 Å². The smallest absolute Gasteiger partial charge is 0.408 e. The number of hydrogen-bond acceptors (Lipinski definition) is 9. The average molecular weight is 799 g/mol. The van der Waals surface area contributed by atoms with Gasteiger partial charge in [0.25, 0.3) is 5.91 Å². The number of nitrogens with one attached hydrogen (secondary N) is 3. The number of anilines is 1. The van der Waals surface area contributed by atoms with Crippen LogP contribution in [0.4, 0.5) is 15.0 Å². The van der Waals surface area contributed by atoms with Gasteiger partial charge in [0.1, 0.15) is 34.8 Å². The molecule has 1 fully saturated rings. The zero-order chi connectivity index (χ0) is 42.0. The lowest BCUT2D eigenvalue weighted by Crippen LogP contribution is -2.59. The summed E-state index contributed by atoms with van der Waals surface area (Å²) >= 11 is 0. The van der Waals surface area contributed by atoms with Crippen LogP contribution in [-0.2, 0) is 30.5 Å². The maximum Gasteiger partial charge on any atom is 0.408 e. The SMILES string of the molecule is COc1ccc(C(C(=O)N2CCC(C(=O)c3ccc(F)cc3)CC2)n2cnc(NC(=O)[C@@H](COCc3ccccc3)NC(=O)C(C)(C)NC(=O)OC(C)(C)C)c2)cc1. The number of benzene rings is 3. The Hall–Kier alpha value is -6.09. The van der Waals surface area contributed by atoms with Gasteiger partial charge in [-0.3, -0.25) is 19.2 Å². The molecule has 4 aromatic rings. The highest BCUT2D eigenvalue weighted by Gasteiger charge is 2.36. The van der Waals surface area contributed by atoms with E-state index < -0.39 is 46.9 Å². The maximum atomic E-state index is 14.3. The van der Waals surface area contributed by atoms with E-state index in [-0.39, 0.29) is 36.6 Å². The van der Waals surface area contributed by atoms with Crippen molar-refractivity contribution in [3.8, 4) is 5.75 Å². The van der Waals surface area contributed by atoms with Gasteiger partial charge in [0.05, 0.1) is 26.7 Å². The van der Waals surface area contributed by atoms with Crippen molar-refractivity contribution >= 4 is 35.4 Å². The predicted octanol–water partition coefficient (Wildman–Crippen LogP) is 5.69. The molecular formula is C43H51FN6O8. The van der Waals surface area contributed by atoms with Crippen molar-refractivity contribution < 1.29 is 42.6 Å². The van der Waals surface area contributed by atoms with Crippen LogP contribution in [0.25, 0.3) is 0 Å². The van der Waals surface area contributed by atoms with Crippen LogP contribution in [0.15, 0.2) is 91.4 Å². The molecule has 58 heavy (non-hydrogen) atoms. The number of halogens is 1. The fourth-order valence-corrected chi connectivity index (χ4v) is 6.38. The highest BCUT2D eigenvalue weighted by molar-refractivity contribution is 5.99. The number of ketones is 1. The van der Waals surface area contributed by atoms with Gasteiger partial charge >= 0.3 is 6.09 Å². The lowest BCUT2D eigenvalue weighted by molar-refractivity contribution is -0.134. The number of Topliss-reactive ketones (excluding diaryl/α,β-unsaturated/α-hetero) is 1. The van der Waals surface area contributed by atoms with Crippen LogP contribution >= 0.6 is 0 Å². The second-order valence-corrected chi connectivity index (χ2v) is 15.6. The molecule has 0 saturated carbocycles. The number of carbonyl (C=O) groups excluding carboxylic acids is 5. The number of hydrogen-bond donors (Lipinski definition) is 3. The Morgan fingerprint density at radius 2 is 1.55 bits per heavy atom. The third-order valence-electron chi connectivity index (χ3n) is 9.52. The van der Waals surface area contributed by atoms with Crippen LogP contribution in [0.5, 0.6) is 5.75 Å². The molecule has 2 atom stereocenters. The first kappa shape index (κ1) is 43.0. The molecule has 0 bridgehead atoms. The van der Waals surface area contributed by atoms with E-state index in [0.29, 0.717) is 42.8 Å². The molecule has 1 aliphatic heterocycles. The monoisotopic (exact) mass is 798 g/mol. The summed E-state index contributed by atoms with van der Waals surface area (Å²) in [7, 11) is 1.54. The molecule has 0 radical (unpaired) electrons. The van der Waals surface area contributed by atoms with Crippen molar-refractivity contribution in [1.29, 1.82) is 0 Å². The fourth-order valence-electron chi connectivity index (χ4n) is 6.38. The summed E-state index contributed by atoms with van der Waals surface area (Å²) < 4.78 is 31.6. The molecule has 1 aliphatic rings. The summed E-state index contributed by atoms with van der Waals surface area (Å²) in [5.74, 6) is -1.68. The minimum atomic E-state index is -1.48. The van der Waals surface area contributed by atoms with E-state index >= 15 is 0 Å². The Morgan fingerprint density at radius 3 is 2.17 bits per heavy atom. The van der Waals surface area contributed by atoms with Gasteiger partial charge in [0.15, 0.2) is 11.6 Å². The molecule has 3 N–H and O–H groups in total. The number of rotatable bonds is 15. The quantitative estimate of drug-likeness (QED) is 0.128. The van der Waals surface area contributed by atoms with E-state index in [1.54, 1.807) is 61.6 Å². The summed E-state index contributed by atoms with van der Waals surface area (Å²) in [5, 5.41) is 7.97. The average Bonchev–Trinajstić information content (AvgIpc) is 3.64. The Bertz CT molecular complexity index is 2040. The van der Waals surface area contributed by atoms with E-state index in [1.807, 2.05) is 30.3 Å². The predicted molar refractivity (Wildman–Crippen MR) is 214 cm³/mol. The van der Waals surface area contributed by atoms with Gasteiger partial charge in [-0.05, 0) is 95.0 Å². The Balaban J connectivity index is 1.32. The Kier molecular flexibility index (Phi) is 14.0. The summed E-state index contributed by atoms with van der Waals surface area (Å²) in [6.45, 7) is 8.66. The number of carbonyl (C=O) groups is 5. The maximum absolute atomic E-state index is 14.3. The van der Waals surface area contributed by atoms with Gasteiger partial charge in [0.2, 0.25) is 11.8 Å². The summed E-state index contributed by atoms with van der Waals surface area (Å²) in [5.41, 5.74) is -0.354. The van der Waals surface area contributed by atoms with Crippen molar-refractivity contribution in [2.45, 2.75) is 77.3 Å². The minimum absolute atomic E-state index is 0.0865. The van der Waals surface area contributed by atoms with E-state index in [4.69, 9.17) is 14.2 Å². The van der Waals surface area contributed by atoms with Crippen LogP contribution < -0.4 is 20.7 Å². The third-order valence-corrected chi connectivity index (χ3v) is 9.52. The van der Waals surface area contributed by atoms with E-state index in [2.05, 4.69) is 20.9 Å². The molecule has 2 heterocycles. The first-order valence-electron chi connectivity index (χ1n) is 19.0. The molecule has 1 unspecified atom stereocenters.